The van der Waals surface area contributed by atoms with Crippen molar-refractivity contribution in [2.24, 2.45) is 5.73 Å². The molecule has 0 spiro atoms. The molecule has 0 aliphatic carbocycles. The largest absolute Gasteiger partial charge is 0.443 e. The van der Waals surface area contributed by atoms with Gasteiger partial charge in [-0.15, -0.1) is 0 Å². The second-order valence-electron chi connectivity index (χ2n) is 2.96. The van der Waals surface area contributed by atoms with Gasteiger partial charge in [-0.05, 0) is 18.2 Å². The van der Waals surface area contributed by atoms with Gasteiger partial charge in [0, 0.05) is 16.6 Å². The smallest absolute Gasteiger partial charge is 0.181 e. The van der Waals surface area contributed by atoms with E-state index in [2.05, 4.69) is 20.9 Å². The Morgan fingerprint density at radius 1 is 1.47 bits per heavy atom. The second-order valence-corrected chi connectivity index (χ2v) is 4.28. The van der Waals surface area contributed by atoms with Crippen molar-refractivity contribution in [2.75, 3.05) is 0 Å². The molecule has 5 heteroatoms. The Balaban J connectivity index is 2.54. The van der Waals surface area contributed by atoms with Gasteiger partial charge in [-0.2, -0.15) is 0 Å². The van der Waals surface area contributed by atoms with Crippen LogP contribution < -0.4 is 5.73 Å². The maximum atomic E-state index is 6.09. The van der Waals surface area contributed by atoms with Crippen molar-refractivity contribution < 1.29 is 4.42 Å². The van der Waals surface area contributed by atoms with Crippen LogP contribution in [0.15, 0.2) is 33.5 Å². The standard InChI is InChI=1S/C10H8BrClN2O/c11-6-1-2-7(8(12)3-6)10-9(4-13)14-5-15-10/h1-3,5H,4,13H2. The van der Waals surface area contributed by atoms with E-state index in [1.807, 2.05) is 12.1 Å². The van der Waals surface area contributed by atoms with Crippen molar-refractivity contribution in [3.05, 3.63) is 39.8 Å². The molecule has 0 atom stereocenters. The number of nitrogens with two attached hydrogens (primary N) is 1. The van der Waals surface area contributed by atoms with E-state index < -0.39 is 0 Å². The van der Waals surface area contributed by atoms with Gasteiger partial charge < -0.3 is 10.2 Å². The van der Waals surface area contributed by atoms with Crippen LogP contribution in [0.1, 0.15) is 5.69 Å². The van der Waals surface area contributed by atoms with Gasteiger partial charge in [-0.25, -0.2) is 4.98 Å². The van der Waals surface area contributed by atoms with E-state index in [0.717, 1.165) is 10.0 Å². The summed E-state index contributed by atoms with van der Waals surface area (Å²) in [6, 6.07) is 5.57. The Morgan fingerprint density at radius 2 is 2.27 bits per heavy atom. The first-order valence-electron chi connectivity index (χ1n) is 4.30. The van der Waals surface area contributed by atoms with Gasteiger partial charge >= 0.3 is 0 Å². The first-order chi connectivity index (χ1) is 7.22. The molecule has 2 rings (SSSR count). The fourth-order valence-electron chi connectivity index (χ4n) is 1.31. The number of rotatable bonds is 2. The lowest BCUT2D eigenvalue weighted by Gasteiger charge is -2.02. The van der Waals surface area contributed by atoms with E-state index in [-0.39, 0.29) is 0 Å². The fraction of sp³-hybridized carbons (Fsp3) is 0.100. The summed E-state index contributed by atoms with van der Waals surface area (Å²) in [5.41, 5.74) is 7.05. The summed E-state index contributed by atoms with van der Waals surface area (Å²) in [5.74, 6) is 0.634. The molecule has 0 aliphatic heterocycles. The van der Waals surface area contributed by atoms with Crippen molar-refractivity contribution in [3.63, 3.8) is 0 Å². The summed E-state index contributed by atoms with van der Waals surface area (Å²) >= 11 is 9.43. The lowest BCUT2D eigenvalue weighted by atomic mass is 10.1. The first-order valence-corrected chi connectivity index (χ1v) is 5.47. The zero-order chi connectivity index (χ0) is 10.8. The van der Waals surface area contributed by atoms with Gasteiger partial charge in [0.25, 0.3) is 0 Å². The highest BCUT2D eigenvalue weighted by Crippen LogP contribution is 2.32. The Labute approximate surface area is 100 Å². The van der Waals surface area contributed by atoms with Gasteiger partial charge in [0.2, 0.25) is 0 Å². The molecule has 2 N–H and O–H groups in total. The summed E-state index contributed by atoms with van der Waals surface area (Å²) in [4.78, 5) is 4.01. The molecule has 0 bridgehead atoms. The van der Waals surface area contributed by atoms with Gasteiger partial charge in [0.1, 0.15) is 5.69 Å². The minimum absolute atomic E-state index is 0.332. The third kappa shape index (κ3) is 2.07. The van der Waals surface area contributed by atoms with Gasteiger partial charge in [0.15, 0.2) is 12.2 Å². The molecule has 0 fully saturated rings. The quantitative estimate of drug-likeness (QED) is 0.922. The van der Waals surface area contributed by atoms with Crippen LogP contribution in [0.3, 0.4) is 0 Å². The van der Waals surface area contributed by atoms with Crippen molar-refractivity contribution >= 4 is 27.5 Å². The highest BCUT2D eigenvalue weighted by molar-refractivity contribution is 9.10. The zero-order valence-electron chi connectivity index (χ0n) is 7.71. The predicted molar refractivity (Wildman–Crippen MR) is 62.5 cm³/mol. The molecular formula is C10H8BrClN2O. The summed E-state index contributed by atoms with van der Waals surface area (Å²) in [7, 11) is 0. The highest BCUT2D eigenvalue weighted by Gasteiger charge is 2.12. The molecule has 15 heavy (non-hydrogen) atoms. The number of hydrogen-bond acceptors (Lipinski definition) is 3. The average molecular weight is 288 g/mol. The van der Waals surface area contributed by atoms with Crippen LogP contribution in [0.2, 0.25) is 5.02 Å². The number of nitrogens with zero attached hydrogens (tertiary/aromatic N) is 1. The normalized spacial score (nSPS) is 10.6. The van der Waals surface area contributed by atoms with E-state index >= 15 is 0 Å². The molecule has 0 amide bonds. The molecule has 0 radical (unpaired) electrons. The minimum atomic E-state index is 0.332. The minimum Gasteiger partial charge on any atom is -0.443 e. The number of hydrogen-bond donors (Lipinski definition) is 1. The van der Waals surface area contributed by atoms with Crippen molar-refractivity contribution in [1.82, 2.24) is 4.98 Å². The van der Waals surface area contributed by atoms with E-state index in [0.29, 0.717) is 23.0 Å². The second kappa shape index (κ2) is 4.35. The number of benzene rings is 1. The van der Waals surface area contributed by atoms with Gasteiger partial charge in [0.05, 0.1) is 5.02 Å². The van der Waals surface area contributed by atoms with Crippen LogP contribution in [0, 0.1) is 0 Å². The van der Waals surface area contributed by atoms with Crippen LogP contribution in [-0.2, 0) is 6.54 Å². The van der Waals surface area contributed by atoms with E-state index in [1.165, 1.54) is 6.39 Å². The maximum Gasteiger partial charge on any atom is 0.181 e. The lowest BCUT2D eigenvalue weighted by molar-refractivity contribution is 0.571. The topological polar surface area (TPSA) is 52.0 Å². The van der Waals surface area contributed by atoms with Crippen molar-refractivity contribution in [3.8, 4) is 11.3 Å². The van der Waals surface area contributed by atoms with Crippen LogP contribution >= 0.6 is 27.5 Å². The van der Waals surface area contributed by atoms with Crippen LogP contribution in [0.25, 0.3) is 11.3 Å². The lowest BCUT2D eigenvalue weighted by Crippen LogP contribution is -1.98. The predicted octanol–water partition coefficient (Wildman–Crippen LogP) is 3.22. The van der Waals surface area contributed by atoms with E-state index in [9.17, 15) is 0 Å². The molecule has 1 heterocycles. The highest BCUT2D eigenvalue weighted by atomic mass is 79.9. The average Bonchev–Trinajstić information content (AvgIpc) is 2.65. The van der Waals surface area contributed by atoms with Crippen molar-refractivity contribution in [2.45, 2.75) is 6.54 Å². The SMILES string of the molecule is NCc1ncoc1-c1ccc(Br)cc1Cl. The number of halogens is 2. The Kier molecular flexibility index (Phi) is 3.09. The first kappa shape index (κ1) is 10.7. The maximum absolute atomic E-state index is 6.09. The molecule has 1 aromatic carbocycles. The third-order valence-electron chi connectivity index (χ3n) is 2.01. The Morgan fingerprint density at radius 3 is 2.93 bits per heavy atom. The molecule has 0 aliphatic rings. The molecule has 0 saturated heterocycles. The molecule has 3 nitrogen and oxygen atoms in total. The summed E-state index contributed by atoms with van der Waals surface area (Å²) < 4.78 is 6.19. The third-order valence-corrected chi connectivity index (χ3v) is 2.82. The molecule has 78 valence electrons. The number of aromatic nitrogens is 1. The summed E-state index contributed by atoms with van der Waals surface area (Å²) in [6.07, 6.45) is 1.37. The fourth-order valence-corrected chi connectivity index (χ4v) is 2.07. The van der Waals surface area contributed by atoms with Crippen LogP contribution in [0.5, 0.6) is 0 Å². The van der Waals surface area contributed by atoms with Crippen molar-refractivity contribution in [1.29, 1.82) is 0 Å². The monoisotopic (exact) mass is 286 g/mol. The van der Waals surface area contributed by atoms with Crippen LogP contribution in [0.4, 0.5) is 0 Å². The Hall–Kier alpha value is -0.840. The Bertz CT molecular complexity index is 484. The number of oxazole rings is 1. The molecule has 2 aromatic rings. The summed E-state index contributed by atoms with van der Waals surface area (Å²) in [5, 5.41) is 0.607. The van der Waals surface area contributed by atoms with Gasteiger partial charge in [-0.1, -0.05) is 27.5 Å². The molecule has 0 unspecified atom stereocenters. The summed E-state index contributed by atoms with van der Waals surface area (Å²) in [6.45, 7) is 0.332. The van der Waals surface area contributed by atoms with Crippen LogP contribution in [-0.4, -0.2) is 4.98 Å². The molecule has 0 saturated carbocycles. The van der Waals surface area contributed by atoms with E-state index in [1.54, 1.807) is 6.07 Å². The zero-order valence-corrected chi connectivity index (χ0v) is 10.0. The van der Waals surface area contributed by atoms with Gasteiger partial charge in [-0.3, -0.25) is 0 Å². The van der Waals surface area contributed by atoms with E-state index in [4.69, 9.17) is 21.8 Å². The molecular weight excluding hydrogens is 279 g/mol. The molecule has 1 aromatic heterocycles.